The Morgan fingerprint density at radius 2 is 1.90 bits per heavy atom. The number of rotatable bonds is 7. The van der Waals surface area contributed by atoms with E-state index >= 15 is 0 Å². The number of amidine groups is 1. The van der Waals surface area contributed by atoms with Crippen molar-refractivity contribution in [2.75, 3.05) is 18.4 Å². The average molecular weight is 463 g/mol. The molecule has 12 heteroatoms. The maximum Gasteiger partial charge on any atom is 0.278 e. The van der Waals surface area contributed by atoms with Gasteiger partial charge >= 0.3 is 0 Å². The first-order valence-electron chi connectivity index (χ1n) is 9.81. The molecule has 0 bridgehead atoms. The van der Waals surface area contributed by atoms with Crippen LogP contribution in [0.4, 0.5) is 5.13 Å². The largest absolute Gasteiger partial charge is 0.409 e. The Kier molecular flexibility index (Phi) is 5.92. The highest BCUT2D eigenvalue weighted by Crippen LogP contribution is 2.33. The third-order valence-corrected chi connectivity index (χ3v) is 8.26. The minimum Gasteiger partial charge on any atom is -0.409 e. The summed E-state index contributed by atoms with van der Waals surface area (Å²) in [6.07, 6.45) is 4.76. The third kappa shape index (κ3) is 4.69. The first kappa shape index (κ1) is 21.2. The summed E-state index contributed by atoms with van der Waals surface area (Å²) in [5.41, 5.74) is 6.22. The highest BCUT2D eigenvalue weighted by atomic mass is 32.2. The molecule has 1 saturated heterocycles. The zero-order valence-electron chi connectivity index (χ0n) is 16.6. The van der Waals surface area contributed by atoms with E-state index in [0.717, 1.165) is 37.3 Å². The average Bonchev–Trinajstić information content (AvgIpc) is 3.33. The van der Waals surface area contributed by atoms with Crippen LogP contribution in [-0.2, 0) is 14.6 Å². The van der Waals surface area contributed by atoms with E-state index in [1.165, 1.54) is 18.3 Å². The monoisotopic (exact) mass is 462 g/mol. The molecule has 4 N–H and O–H groups in total. The molecule has 0 unspecified atom stereocenters. The van der Waals surface area contributed by atoms with E-state index in [-0.39, 0.29) is 26.8 Å². The summed E-state index contributed by atoms with van der Waals surface area (Å²) >= 11 is 1.06. The van der Waals surface area contributed by atoms with E-state index in [1.54, 1.807) is 12.1 Å². The minimum absolute atomic E-state index is 0.101. The van der Waals surface area contributed by atoms with Crippen molar-refractivity contribution in [1.82, 2.24) is 9.99 Å². The number of amides is 1. The van der Waals surface area contributed by atoms with Crippen molar-refractivity contribution in [3.05, 3.63) is 40.9 Å². The van der Waals surface area contributed by atoms with Crippen molar-refractivity contribution in [2.24, 2.45) is 16.0 Å². The minimum atomic E-state index is -3.31. The lowest BCUT2D eigenvalue weighted by Crippen LogP contribution is -2.27. The summed E-state index contributed by atoms with van der Waals surface area (Å²) < 4.78 is 24.9. The molecule has 10 nitrogen and oxygen atoms in total. The molecule has 1 saturated carbocycles. The van der Waals surface area contributed by atoms with Crippen molar-refractivity contribution in [2.45, 2.75) is 35.8 Å². The Balaban J connectivity index is 1.60. The molecular weight excluding hydrogens is 440 g/mol. The second kappa shape index (κ2) is 8.63. The van der Waals surface area contributed by atoms with Crippen molar-refractivity contribution in [3.63, 3.8) is 0 Å². The van der Waals surface area contributed by atoms with Gasteiger partial charge in [-0.2, -0.15) is 5.10 Å². The number of carbonyl (C=O) groups is 1. The predicted octanol–water partition coefficient (Wildman–Crippen LogP) is 1.61. The van der Waals surface area contributed by atoms with Gasteiger partial charge in [-0.1, -0.05) is 28.6 Å². The highest BCUT2D eigenvalue weighted by molar-refractivity contribution is 7.92. The smallest absolute Gasteiger partial charge is 0.278 e. The number of nitrogens with one attached hydrogen (secondary N) is 1. The van der Waals surface area contributed by atoms with Crippen molar-refractivity contribution in [1.29, 1.82) is 0 Å². The number of thiazole rings is 1. The van der Waals surface area contributed by atoms with E-state index in [4.69, 9.17) is 10.9 Å². The normalized spacial score (nSPS) is 17.7. The van der Waals surface area contributed by atoms with Crippen LogP contribution in [0.15, 0.2) is 45.6 Å². The SMILES string of the molecule is N/C(=N\O)c1cnc(NC(=O)/C(=N/N2CCCC2)c2ccc(S(=O)(=O)C3CC3)cc2)s1. The molecule has 2 aliphatic rings. The fraction of sp³-hybridized carbons (Fsp3) is 0.368. The van der Waals surface area contributed by atoms with Crippen LogP contribution >= 0.6 is 11.3 Å². The molecule has 1 aliphatic carbocycles. The van der Waals surface area contributed by atoms with Gasteiger partial charge in [0, 0.05) is 18.7 Å². The second-order valence-corrected chi connectivity index (χ2v) is 10.6. The van der Waals surface area contributed by atoms with Crippen LogP contribution in [0.2, 0.25) is 0 Å². The number of nitrogens with two attached hydrogens (primary N) is 1. The summed E-state index contributed by atoms with van der Waals surface area (Å²) in [4.78, 5) is 17.8. The van der Waals surface area contributed by atoms with E-state index in [0.29, 0.717) is 23.3 Å². The number of hydrazone groups is 1. The molecule has 0 radical (unpaired) electrons. The fourth-order valence-electron chi connectivity index (χ4n) is 3.21. The molecule has 2 aromatic rings. The van der Waals surface area contributed by atoms with Crippen LogP contribution in [0, 0.1) is 0 Å². The van der Waals surface area contributed by atoms with Gasteiger partial charge in [-0.3, -0.25) is 15.1 Å². The van der Waals surface area contributed by atoms with Gasteiger partial charge in [0.2, 0.25) is 0 Å². The Morgan fingerprint density at radius 3 is 2.52 bits per heavy atom. The fourth-order valence-corrected chi connectivity index (χ4v) is 5.57. The van der Waals surface area contributed by atoms with Gasteiger partial charge in [0.15, 0.2) is 26.5 Å². The predicted molar refractivity (Wildman–Crippen MR) is 117 cm³/mol. The maximum absolute atomic E-state index is 13.0. The van der Waals surface area contributed by atoms with Gasteiger partial charge in [-0.05, 0) is 37.8 Å². The first-order chi connectivity index (χ1) is 14.9. The molecule has 31 heavy (non-hydrogen) atoms. The summed E-state index contributed by atoms with van der Waals surface area (Å²) in [7, 11) is -3.31. The third-order valence-electron chi connectivity index (χ3n) is 5.04. The van der Waals surface area contributed by atoms with Gasteiger partial charge in [0.05, 0.1) is 21.2 Å². The molecule has 4 rings (SSSR count). The van der Waals surface area contributed by atoms with Crippen LogP contribution in [0.1, 0.15) is 36.1 Å². The van der Waals surface area contributed by atoms with E-state index in [9.17, 15) is 13.2 Å². The van der Waals surface area contributed by atoms with Crippen LogP contribution < -0.4 is 11.1 Å². The number of nitrogens with zero attached hydrogens (tertiary/aromatic N) is 4. The molecule has 1 aromatic carbocycles. The van der Waals surface area contributed by atoms with Crippen molar-refractivity contribution < 1.29 is 18.4 Å². The standard InChI is InChI=1S/C19H22N6O4S2/c20-17(24-27)15-11-21-19(30-15)22-18(26)16(23-25-9-1-2-10-25)12-3-5-13(6-4-12)31(28,29)14-7-8-14/h3-6,11,14,27H,1-2,7-10H2,(H2,20,24)(H,21,22,26)/b23-16+. The number of oxime groups is 1. The van der Waals surface area contributed by atoms with Gasteiger partial charge < -0.3 is 10.9 Å². The number of benzene rings is 1. The molecule has 1 aliphatic heterocycles. The summed E-state index contributed by atoms with van der Waals surface area (Å²) in [6, 6.07) is 6.26. The number of hydrogen-bond donors (Lipinski definition) is 3. The van der Waals surface area contributed by atoms with Crippen LogP contribution in [-0.4, -0.2) is 59.4 Å². The second-order valence-electron chi connectivity index (χ2n) is 7.35. The number of aromatic nitrogens is 1. The van der Waals surface area contributed by atoms with Crippen LogP contribution in [0.25, 0.3) is 0 Å². The number of carbonyl (C=O) groups excluding carboxylic acids is 1. The first-order valence-corrected chi connectivity index (χ1v) is 12.2. The Bertz CT molecular complexity index is 1130. The van der Waals surface area contributed by atoms with Gasteiger partial charge in [-0.25, -0.2) is 13.4 Å². The van der Waals surface area contributed by atoms with E-state index in [2.05, 4.69) is 20.6 Å². The Hall–Kier alpha value is -2.99. The number of anilines is 1. The van der Waals surface area contributed by atoms with Crippen LogP contribution in [0.3, 0.4) is 0 Å². The molecular formula is C19H22N6O4S2. The zero-order valence-corrected chi connectivity index (χ0v) is 18.2. The number of hydrogen-bond acceptors (Lipinski definition) is 9. The van der Waals surface area contributed by atoms with Crippen molar-refractivity contribution >= 4 is 43.8 Å². The zero-order chi connectivity index (χ0) is 22.0. The molecule has 2 fully saturated rings. The Morgan fingerprint density at radius 1 is 1.23 bits per heavy atom. The van der Waals surface area contributed by atoms with Crippen LogP contribution in [0.5, 0.6) is 0 Å². The summed E-state index contributed by atoms with van der Waals surface area (Å²) in [6.45, 7) is 1.49. The van der Waals surface area contributed by atoms with E-state index in [1.807, 2.05) is 5.01 Å². The molecule has 2 heterocycles. The summed E-state index contributed by atoms with van der Waals surface area (Å²) in [5, 5.41) is 20.7. The van der Waals surface area contributed by atoms with Gasteiger partial charge in [0.25, 0.3) is 5.91 Å². The molecule has 0 atom stereocenters. The quantitative estimate of drug-likeness (QED) is 0.245. The molecule has 164 valence electrons. The molecule has 1 amide bonds. The number of sulfone groups is 1. The van der Waals surface area contributed by atoms with E-state index < -0.39 is 15.7 Å². The maximum atomic E-state index is 13.0. The molecule has 0 spiro atoms. The lowest BCUT2D eigenvalue weighted by atomic mass is 10.1. The topological polar surface area (TPSA) is 150 Å². The lowest BCUT2D eigenvalue weighted by Gasteiger charge is -2.14. The van der Waals surface area contributed by atoms with Gasteiger partial charge in [0.1, 0.15) is 0 Å². The highest BCUT2D eigenvalue weighted by Gasteiger charge is 2.36. The summed E-state index contributed by atoms with van der Waals surface area (Å²) in [5.74, 6) is -0.582. The lowest BCUT2D eigenvalue weighted by molar-refractivity contribution is -0.110. The van der Waals surface area contributed by atoms with Crippen molar-refractivity contribution in [3.8, 4) is 0 Å². The van der Waals surface area contributed by atoms with Gasteiger partial charge in [-0.15, -0.1) is 0 Å². The molecule has 1 aromatic heterocycles. The Labute approximate surface area is 183 Å².